The molecular weight excluding hydrogens is 214 g/mol. The van der Waals surface area contributed by atoms with Gasteiger partial charge in [-0.2, -0.15) is 4.99 Å². The summed E-state index contributed by atoms with van der Waals surface area (Å²) in [5.41, 5.74) is 1.94. The van der Waals surface area contributed by atoms with E-state index >= 15 is 0 Å². The summed E-state index contributed by atoms with van der Waals surface area (Å²) in [5, 5.41) is 0. The zero-order valence-electron chi connectivity index (χ0n) is 7.47. The number of isocyanates is 1. The molecule has 1 aromatic rings. The van der Waals surface area contributed by atoms with Gasteiger partial charge in [-0.15, -0.1) is 23.5 Å². The quantitative estimate of drug-likeness (QED) is 0.570. The average molecular weight is 223 g/mol. The van der Waals surface area contributed by atoms with Crippen LogP contribution in [0, 0.1) is 0 Å². The molecule has 0 aliphatic carbocycles. The molecule has 0 amide bonds. The van der Waals surface area contributed by atoms with Gasteiger partial charge in [0.15, 0.2) is 0 Å². The lowest BCUT2D eigenvalue weighted by Gasteiger charge is -2.07. The van der Waals surface area contributed by atoms with Crippen molar-refractivity contribution in [2.24, 2.45) is 4.99 Å². The minimum absolute atomic E-state index is 0.511. The third kappa shape index (κ3) is 2.21. The molecule has 0 spiro atoms. The Kier molecular flexibility index (Phi) is 3.30. The molecule has 0 bridgehead atoms. The minimum Gasteiger partial charge on any atom is -0.211 e. The maximum absolute atomic E-state index is 10.1. The van der Waals surface area contributed by atoms with Crippen molar-refractivity contribution in [3.8, 4) is 0 Å². The van der Waals surface area contributed by atoms with Crippen molar-refractivity contribution in [3.05, 3.63) is 29.8 Å². The molecule has 1 aliphatic rings. The van der Waals surface area contributed by atoms with Crippen LogP contribution in [0.25, 0.3) is 0 Å². The molecule has 1 fully saturated rings. The van der Waals surface area contributed by atoms with Crippen molar-refractivity contribution in [2.75, 3.05) is 11.5 Å². The number of hydrogen-bond acceptors (Lipinski definition) is 4. The lowest BCUT2D eigenvalue weighted by atomic mass is 10.2. The van der Waals surface area contributed by atoms with E-state index in [2.05, 4.69) is 11.1 Å². The van der Waals surface area contributed by atoms with Crippen LogP contribution >= 0.6 is 23.5 Å². The van der Waals surface area contributed by atoms with Crippen LogP contribution in [0.2, 0.25) is 0 Å². The van der Waals surface area contributed by atoms with Gasteiger partial charge in [0, 0.05) is 11.5 Å². The van der Waals surface area contributed by atoms with Crippen molar-refractivity contribution < 1.29 is 4.79 Å². The van der Waals surface area contributed by atoms with Crippen LogP contribution in [0.15, 0.2) is 29.3 Å². The lowest BCUT2D eigenvalue weighted by Crippen LogP contribution is -1.83. The molecule has 14 heavy (non-hydrogen) atoms. The predicted molar refractivity (Wildman–Crippen MR) is 61.9 cm³/mol. The average Bonchev–Trinajstić information content (AvgIpc) is 2.71. The highest BCUT2D eigenvalue weighted by Crippen LogP contribution is 2.45. The summed E-state index contributed by atoms with van der Waals surface area (Å²) < 4.78 is 0.511. The fourth-order valence-corrected chi connectivity index (χ4v) is 4.18. The van der Waals surface area contributed by atoms with Crippen molar-refractivity contribution in [3.63, 3.8) is 0 Å². The van der Waals surface area contributed by atoms with Crippen molar-refractivity contribution in [2.45, 2.75) is 4.58 Å². The summed E-state index contributed by atoms with van der Waals surface area (Å²) in [4.78, 5) is 13.7. The van der Waals surface area contributed by atoms with Crippen molar-refractivity contribution in [1.82, 2.24) is 0 Å². The van der Waals surface area contributed by atoms with E-state index in [0.29, 0.717) is 10.3 Å². The first-order valence-electron chi connectivity index (χ1n) is 4.31. The number of rotatable bonds is 2. The minimum atomic E-state index is 0.511. The third-order valence-corrected chi connectivity index (χ3v) is 5.04. The van der Waals surface area contributed by atoms with E-state index in [-0.39, 0.29) is 0 Å². The Labute approximate surface area is 91.2 Å². The second-order valence-electron chi connectivity index (χ2n) is 2.87. The van der Waals surface area contributed by atoms with E-state index < -0.39 is 0 Å². The Morgan fingerprint density at radius 2 is 2.14 bits per heavy atom. The van der Waals surface area contributed by atoms with E-state index in [4.69, 9.17) is 0 Å². The van der Waals surface area contributed by atoms with E-state index in [1.165, 1.54) is 17.1 Å². The number of nitrogens with zero attached hydrogens (tertiary/aromatic N) is 1. The highest BCUT2D eigenvalue weighted by Gasteiger charge is 2.17. The molecule has 72 valence electrons. The zero-order valence-corrected chi connectivity index (χ0v) is 9.11. The first kappa shape index (κ1) is 9.84. The molecule has 0 radical (unpaired) electrons. The van der Waals surface area contributed by atoms with E-state index in [0.717, 1.165) is 0 Å². The third-order valence-electron chi connectivity index (χ3n) is 1.94. The maximum Gasteiger partial charge on any atom is 0.240 e. The largest absolute Gasteiger partial charge is 0.240 e. The Morgan fingerprint density at radius 1 is 1.36 bits per heavy atom. The Morgan fingerprint density at radius 3 is 2.86 bits per heavy atom. The van der Waals surface area contributed by atoms with Crippen LogP contribution in [0.1, 0.15) is 10.1 Å². The fraction of sp³-hybridized carbons (Fsp3) is 0.300. The molecule has 2 nitrogen and oxygen atoms in total. The first-order valence-corrected chi connectivity index (χ1v) is 6.41. The summed E-state index contributed by atoms with van der Waals surface area (Å²) in [7, 11) is 0. The Balaban J connectivity index is 2.24. The highest BCUT2D eigenvalue weighted by molar-refractivity contribution is 8.19. The Hall–Kier alpha value is -0.700. The summed E-state index contributed by atoms with van der Waals surface area (Å²) >= 11 is 3.89. The van der Waals surface area contributed by atoms with Gasteiger partial charge in [0.2, 0.25) is 6.08 Å². The van der Waals surface area contributed by atoms with Gasteiger partial charge in [-0.25, -0.2) is 4.79 Å². The summed E-state index contributed by atoms with van der Waals surface area (Å²) in [6, 6.07) is 7.80. The number of hydrogen-bond donors (Lipinski definition) is 0. The van der Waals surface area contributed by atoms with Crippen LogP contribution < -0.4 is 0 Å². The SMILES string of the molecule is O=C=Nc1cccc(C2SCCS2)c1. The molecule has 1 aromatic carbocycles. The molecular formula is C10H9NOS2. The van der Waals surface area contributed by atoms with Crippen LogP contribution in [0.3, 0.4) is 0 Å². The molecule has 0 aromatic heterocycles. The number of thioether (sulfide) groups is 2. The van der Waals surface area contributed by atoms with Crippen LogP contribution in [0.4, 0.5) is 5.69 Å². The molecule has 1 aliphatic heterocycles. The van der Waals surface area contributed by atoms with Crippen LogP contribution in [-0.2, 0) is 4.79 Å². The molecule has 0 unspecified atom stereocenters. The second-order valence-corrected chi connectivity index (χ2v) is 5.60. The maximum atomic E-state index is 10.1. The van der Waals surface area contributed by atoms with Gasteiger partial charge in [0.1, 0.15) is 0 Å². The number of benzene rings is 1. The Bertz CT molecular complexity index is 368. The zero-order chi connectivity index (χ0) is 9.80. The van der Waals surface area contributed by atoms with Gasteiger partial charge in [0.05, 0.1) is 10.3 Å². The van der Waals surface area contributed by atoms with Gasteiger partial charge < -0.3 is 0 Å². The standard InChI is InChI=1S/C10H9NOS2/c12-7-11-9-3-1-2-8(6-9)10-13-4-5-14-10/h1-3,6,10H,4-5H2. The lowest BCUT2D eigenvalue weighted by molar-refractivity contribution is 0.565. The van der Waals surface area contributed by atoms with E-state index in [1.54, 1.807) is 6.08 Å². The van der Waals surface area contributed by atoms with Crippen LogP contribution in [0.5, 0.6) is 0 Å². The number of aliphatic imine (C=N–C) groups is 1. The van der Waals surface area contributed by atoms with Gasteiger partial charge in [-0.1, -0.05) is 12.1 Å². The summed E-state index contributed by atoms with van der Waals surface area (Å²) in [5.74, 6) is 2.41. The normalized spacial score (nSPS) is 16.6. The van der Waals surface area contributed by atoms with Gasteiger partial charge in [-0.05, 0) is 17.7 Å². The van der Waals surface area contributed by atoms with Gasteiger partial charge in [0.25, 0.3) is 0 Å². The van der Waals surface area contributed by atoms with Gasteiger partial charge >= 0.3 is 0 Å². The first-order chi connectivity index (χ1) is 6.90. The van der Waals surface area contributed by atoms with Gasteiger partial charge in [-0.3, -0.25) is 0 Å². The topological polar surface area (TPSA) is 29.4 Å². The van der Waals surface area contributed by atoms with E-state index in [1.807, 2.05) is 41.7 Å². The predicted octanol–water partition coefficient (Wildman–Crippen LogP) is 3.13. The smallest absolute Gasteiger partial charge is 0.211 e. The van der Waals surface area contributed by atoms with Crippen molar-refractivity contribution >= 4 is 35.3 Å². The molecule has 4 heteroatoms. The van der Waals surface area contributed by atoms with Crippen molar-refractivity contribution in [1.29, 1.82) is 0 Å². The molecule has 0 N–H and O–H groups in total. The molecule has 2 rings (SSSR count). The summed E-state index contributed by atoms with van der Waals surface area (Å²) in [6.07, 6.45) is 1.56. The molecule has 0 atom stereocenters. The molecule has 1 saturated heterocycles. The number of carbonyl (C=O) groups excluding carboxylic acids is 1. The molecule has 1 heterocycles. The van der Waals surface area contributed by atoms with E-state index in [9.17, 15) is 4.79 Å². The fourth-order valence-electron chi connectivity index (χ4n) is 1.34. The monoisotopic (exact) mass is 223 g/mol. The molecule has 0 saturated carbocycles. The highest BCUT2D eigenvalue weighted by atomic mass is 32.2. The summed E-state index contributed by atoms with van der Waals surface area (Å²) in [6.45, 7) is 0. The van der Waals surface area contributed by atoms with Crippen LogP contribution in [-0.4, -0.2) is 17.6 Å². The second kappa shape index (κ2) is 4.69.